The van der Waals surface area contributed by atoms with Gasteiger partial charge in [0.15, 0.2) is 0 Å². The Morgan fingerprint density at radius 2 is 1.73 bits per heavy atom. The molecule has 0 unspecified atom stereocenters. The molecule has 0 aromatic heterocycles. The smallest absolute Gasteiger partial charge is 0.335 e. The summed E-state index contributed by atoms with van der Waals surface area (Å²) in [5, 5.41) is 36.6. The van der Waals surface area contributed by atoms with Crippen molar-refractivity contribution in [3.63, 3.8) is 0 Å². The van der Waals surface area contributed by atoms with Gasteiger partial charge in [-0.3, -0.25) is 0 Å². The van der Waals surface area contributed by atoms with Crippen LogP contribution in [-0.2, 0) is 0 Å². The predicted octanol–water partition coefficient (Wildman–Crippen LogP) is -0.882. The number of carboxylic acid groups (broad SMARTS) is 1. The first-order valence-corrected chi connectivity index (χ1v) is 4.19. The fourth-order valence-corrected chi connectivity index (χ4v) is 0.722. The normalized spacial score (nSPS) is 8.93. The van der Waals surface area contributed by atoms with E-state index in [9.17, 15) is 9.90 Å². The summed E-state index contributed by atoms with van der Waals surface area (Å²) in [6.07, 6.45) is 0. The number of aromatic carboxylic acids is 1. The first-order chi connectivity index (χ1) is 6.93. The van der Waals surface area contributed by atoms with Crippen molar-refractivity contribution in [3.05, 3.63) is 17.7 Å². The third-order valence-corrected chi connectivity index (χ3v) is 1.30. The van der Waals surface area contributed by atoms with E-state index in [1.807, 2.05) is 6.92 Å². The lowest BCUT2D eigenvalue weighted by Crippen LogP contribution is -2.48. The maximum atomic E-state index is 10.7. The van der Waals surface area contributed by atoms with Crippen molar-refractivity contribution in [1.82, 2.24) is 0 Å². The van der Waals surface area contributed by atoms with Crippen molar-refractivity contribution >= 4 is 5.97 Å². The van der Waals surface area contributed by atoms with Crippen LogP contribution < -0.4 is 10.8 Å². The fourth-order valence-electron chi connectivity index (χ4n) is 0.722. The summed E-state index contributed by atoms with van der Waals surface area (Å²) >= 11 is 0. The van der Waals surface area contributed by atoms with Crippen LogP contribution in [0.3, 0.4) is 0 Å². The zero-order valence-corrected chi connectivity index (χ0v) is 8.23. The van der Waals surface area contributed by atoms with Gasteiger partial charge in [0.1, 0.15) is 11.5 Å². The SMILES string of the molecule is CC[NH3+].O=C(O)c1cc(O)c([O-])c(O)c1. The van der Waals surface area contributed by atoms with Crippen LogP contribution in [0.4, 0.5) is 0 Å². The summed E-state index contributed by atoms with van der Waals surface area (Å²) in [4.78, 5) is 10.3. The average molecular weight is 215 g/mol. The molecule has 6 nitrogen and oxygen atoms in total. The number of quaternary nitrogens is 1. The van der Waals surface area contributed by atoms with E-state index in [-0.39, 0.29) is 5.56 Å². The van der Waals surface area contributed by atoms with E-state index >= 15 is 0 Å². The Balaban J connectivity index is 0.000000583. The van der Waals surface area contributed by atoms with Crippen molar-refractivity contribution in [2.24, 2.45) is 0 Å². The Hall–Kier alpha value is -1.95. The van der Waals surface area contributed by atoms with E-state index in [0.29, 0.717) is 0 Å². The van der Waals surface area contributed by atoms with Gasteiger partial charge in [-0.15, -0.1) is 0 Å². The Kier molecular flexibility index (Phi) is 4.97. The molecule has 0 fully saturated rings. The van der Waals surface area contributed by atoms with Gasteiger partial charge in [-0.25, -0.2) is 4.79 Å². The quantitative estimate of drug-likeness (QED) is 0.483. The second kappa shape index (κ2) is 5.71. The molecule has 0 aliphatic heterocycles. The molecule has 1 aromatic carbocycles. The van der Waals surface area contributed by atoms with E-state index in [1.54, 1.807) is 0 Å². The highest BCUT2D eigenvalue weighted by atomic mass is 16.4. The maximum absolute atomic E-state index is 10.7. The highest BCUT2D eigenvalue weighted by Gasteiger charge is 2.07. The fraction of sp³-hybridized carbons (Fsp3) is 0.222. The van der Waals surface area contributed by atoms with Crippen LogP contribution in [0.15, 0.2) is 12.1 Å². The Labute approximate surface area is 86.2 Å². The number of aromatic hydroxyl groups is 2. The molecule has 0 aliphatic rings. The molecule has 0 bridgehead atoms. The molecule has 0 atom stereocenters. The van der Waals surface area contributed by atoms with E-state index in [0.717, 1.165) is 18.7 Å². The van der Waals surface area contributed by atoms with Gasteiger partial charge in [0.25, 0.3) is 0 Å². The van der Waals surface area contributed by atoms with Crippen molar-refractivity contribution in [1.29, 1.82) is 0 Å². The minimum absolute atomic E-state index is 0.329. The predicted molar refractivity (Wildman–Crippen MR) is 49.6 cm³/mol. The van der Waals surface area contributed by atoms with Gasteiger partial charge in [-0.1, -0.05) is 0 Å². The van der Waals surface area contributed by atoms with E-state index in [1.165, 1.54) is 0 Å². The highest BCUT2D eigenvalue weighted by molar-refractivity contribution is 5.89. The molecular formula is C9H13NO5. The minimum Gasteiger partial charge on any atom is -0.867 e. The summed E-state index contributed by atoms with van der Waals surface area (Å²) in [6, 6.07) is 1.56. The van der Waals surface area contributed by atoms with Gasteiger partial charge in [0, 0.05) is 0 Å². The lowest BCUT2D eigenvalue weighted by molar-refractivity contribution is -0.361. The lowest BCUT2D eigenvalue weighted by atomic mass is 10.2. The molecule has 6 heteroatoms. The summed E-state index contributed by atoms with van der Waals surface area (Å²) in [6.45, 7) is 3.01. The third kappa shape index (κ3) is 3.74. The zero-order valence-electron chi connectivity index (χ0n) is 8.23. The number of rotatable bonds is 1. The summed E-state index contributed by atoms with van der Waals surface area (Å²) in [7, 11) is 0. The number of benzene rings is 1. The largest absolute Gasteiger partial charge is 0.867 e. The molecule has 15 heavy (non-hydrogen) atoms. The second-order valence-corrected chi connectivity index (χ2v) is 2.65. The van der Waals surface area contributed by atoms with E-state index in [4.69, 9.17) is 15.3 Å². The van der Waals surface area contributed by atoms with Crippen LogP contribution in [0, 0.1) is 0 Å². The molecule has 84 valence electrons. The average Bonchev–Trinajstić information content (AvgIpc) is 2.14. The number of phenolic OH excluding ortho intramolecular Hbond substituents is 2. The number of hydrogen-bond acceptors (Lipinski definition) is 4. The molecule has 1 aromatic rings. The first-order valence-electron chi connectivity index (χ1n) is 4.19. The Morgan fingerprint density at radius 3 is 2.00 bits per heavy atom. The van der Waals surface area contributed by atoms with Crippen molar-refractivity contribution < 1.29 is 31.0 Å². The van der Waals surface area contributed by atoms with Gasteiger partial charge >= 0.3 is 5.97 Å². The van der Waals surface area contributed by atoms with Crippen molar-refractivity contribution in [2.75, 3.05) is 6.54 Å². The molecule has 0 saturated heterocycles. The monoisotopic (exact) mass is 215 g/mol. The lowest BCUT2D eigenvalue weighted by Gasteiger charge is -2.10. The molecule has 0 amide bonds. The summed E-state index contributed by atoms with van der Waals surface area (Å²) < 4.78 is 0. The molecule has 0 heterocycles. The third-order valence-electron chi connectivity index (χ3n) is 1.30. The molecule has 0 aliphatic carbocycles. The van der Waals surface area contributed by atoms with E-state index < -0.39 is 23.2 Å². The minimum atomic E-state index is -1.32. The van der Waals surface area contributed by atoms with Gasteiger partial charge in [-0.05, 0) is 24.8 Å². The van der Waals surface area contributed by atoms with Crippen LogP contribution in [-0.4, -0.2) is 27.8 Å². The Bertz CT molecular complexity index is 327. The van der Waals surface area contributed by atoms with Crippen LogP contribution >= 0.6 is 0 Å². The molecule has 0 saturated carbocycles. The standard InChI is InChI=1S/C7H6O5.C2H7N/c8-4-1-3(7(11)12)2-5(9)6(4)10;1-2-3/h1-2,8-10H,(H,11,12);2-3H2,1H3. The summed E-state index contributed by atoms with van der Waals surface area (Å²) in [5.74, 6) is -3.83. The Morgan fingerprint density at radius 1 is 1.40 bits per heavy atom. The van der Waals surface area contributed by atoms with Gasteiger partial charge in [0.05, 0.1) is 12.1 Å². The highest BCUT2D eigenvalue weighted by Crippen LogP contribution is 2.32. The first kappa shape index (κ1) is 13.1. The molecule has 0 radical (unpaired) electrons. The summed E-state index contributed by atoms with van der Waals surface area (Å²) in [5.41, 5.74) is 3.16. The van der Waals surface area contributed by atoms with Crippen molar-refractivity contribution in [2.45, 2.75) is 6.92 Å². The van der Waals surface area contributed by atoms with Crippen molar-refractivity contribution in [3.8, 4) is 17.2 Å². The van der Waals surface area contributed by atoms with Gasteiger partial charge in [-0.2, -0.15) is 0 Å². The number of hydrogen-bond donors (Lipinski definition) is 4. The van der Waals surface area contributed by atoms with E-state index in [2.05, 4.69) is 5.73 Å². The van der Waals surface area contributed by atoms with Gasteiger partial charge in [0.2, 0.25) is 0 Å². The van der Waals surface area contributed by atoms with Crippen LogP contribution in [0.5, 0.6) is 17.2 Å². The van der Waals surface area contributed by atoms with Crippen LogP contribution in [0.1, 0.15) is 17.3 Å². The topological polar surface area (TPSA) is 128 Å². The second-order valence-electron chi connectivity index (χ2n) is 2.65. The number of phenols is 2. The number of carboxylic acids is 1. The molecule has 0 spiro atoms. The molecular weight excluding hydrogens is 202 g/mol. The van der Waals surface area contributed by atoms with Crippen LogP contribution in [0.2, 0.25) is 0 Å². The zero-order chi connectivity index (χ0) is 12.0. The van der Waals surface area contributed by atoms with Crippen LogP contribution in [0.25, 0.3) is 0 Å². The number of carbonyl (C=O) groups is 1. The molecule has 1 rings (SSSR count). The molecule has 6 N–H and O–H groups in total. The van der Waals surface area contributed by atoms with Gasteiger partial charge < -0.3 is 26.2 Å². The maximum Gasteiger partial charge on any atom is 0.335 e.